The van der Waals surface area contributed by atoms with Crippen LogP contribution in [0.1, 0.15) is 37.4 Å². The number of aryl methyl sites for hydroxylation is 1. The average Bonchev–Trinajstić information content (AvgIpc) is 3.15. The van der Waals surface area contributed by atoms with Gasteiger partial charge in [-0.05, 0) is 25.8 Å². The van der Waals surface area contributed by atoms with Crippen LogP contribution in [0.5, 0.6) is 0 Å². The summed E-state index contributed by atoms with van der Waals surface area (Å²) in [4.78, 5) is 20.6. The molecule has 2 aromatic rings. The molecule has 1 unspecified atom stereocenters. The third-order valence-corrected chi connectivity index (χ3v) is 3.84. The molecule has 1 aliphatic rings. The number of hydrogen-bond acceptors (Lipinski definition) is 3. The number of pyridine rings is 1. The van der Waals surface area contributed by atoms with Crippen molar-refractivity contribution >= 4 is 40.3 Å². The van der Waals surface area contributed by atoms with E-state index < -0.39 is 0 Å². The molecule has 0 aliphatic heterocycles. The first kappa shape index (κ1) is 14.6. The Morgan fingerprint density at radius 3 is 3.00 bits per heavy atom. The van der Waals surface area contributed by atoms with Crippen molar-refractivity contribution < 1.29 is 4.79 Å². The Hall–Kier alpha value is -1.33. The monoisotopic (exact) mass is 326 g/mol. The quantitative estimate of drug-likeness (QED) is 0.859. The Balaban J connectivity index is 1.84. The topological polar surface area (TPSA) is 59.8 Å². The molecule has 1 N–H and O–H groups in total. The van der Waals surface area contributed by atoms with Gasteiger partial charge < -0.3 is 9.88 Å². The lowest BCUT2D eigenvalue weighted by molar-refractivity contribution is -0.121. The predicted octanol–water partition coefficient (Wildman–Crippen LogP) is 3.05. The number of aromatic nitrogens is 3. The highest BCUT2D eigenvalue weighted by Gasteiger charge is 2.23. The molecule has 2 aromatic heterocycles. The Morgan fingerprint density at radius 1 is 1.57 bits per heavy atom. The number of halogens is 2. The molecule has 1 atom stereocenters. The minimum atomic E-state index is -0.260. The molecular formula is C14H16Cl2N4O. The van der Waals surface area contributed by atoms with Gasteiger partial charge >= 0.3 is 0 Å². The van der Waals surface area contributed by atoms with Crippen LogP contribution in [0.3, 0.4) is 0 Å². The molecule has 21 heavy (non-hydrogen) atoms. The van der Waals surface area contributed by atoms with Gasteiger partial charge in [0.15, 0.2) is 5.65 Å². The number of imidazole rings is 1. The fraction of sp³-hybridized carbons (Fsp3) is 0.500. The van der Waals surface area contributed by atoms with Gasteiger partial charge in [0.25, 0.3) is 0 Å². The number of hydrogen-bond donors (Lipinski definition) is 1. The van der Waals surface area contributed by atoms with E-state index in [2.05, 4.69) is 15.3 Å². The standard InChI is InChI=1S/C14H16Cl2N4O/c1-8(15)13-19-11-6-9(16)7-17-14(11)20(13)5-4-12(21)18-10-2-3-10/h6-8,10H,2-5H2,1H3,(H,18,21). The number of fused-ring (bicyclic) bond motifs is 1. The largest absolute Gasteiger partial charge is 0.353 e. The van der Waals surface area contributed by atoms with Gasteiger partial charge in [0.05, 0.1) is 10.4 Å². The van der Waals surface area contributed by atoms with Crippen LogP contribution in [0.25, 0.3) is 11.2 Å². The second kappa shape index (κ2) is 5.81. The molecule has 0 spiro atoms. The van der Waals surface area contributed by atoms with Crippen LogP contribution >= 0.6 is 23.2 Å². The summed E-state index contributed by atoms with van der Waals surface area (Å²) in [6, 6.07) is 2.13. The summed E-state index contributed by atoms with van der Waals surface area (Å²) in [7, 11) is 0. The van der Waals surface area contributed by atoms with E-state index in [1.807, 2.05) is 11.5 Å². The van der Waals surface area contributed by atoms with Crippen LogP contribution < -0.4 is 5.32 Å². The number of nitrogens with zero attached hydrogens (tertiary/aromatic N) is 3. The first-order valence-corrected chi connectivity index (χ1v) is 7.81. The number of carbonyl (C=O) groups excluding carboxylic acids is 1. The molecule has 7 heteroatoms. The summed E-state index contributed by atoms with van der Waals surface area (Å²) in [5.41, 5.74) is 1.41. The Morgan fingerprint density at radius 2 is 2.33 bits per heavy atom. The third kappa shape index (κ3) is 3.30. The lowest BCUT2D eigenvalue weighted by atomic mass is 10.3. The van der Waals surface area contributed by atoms with E-state index in [-0.39, 0.29) is 11.3 Å². The highest BCUT2D eigenvalue weighted by Crippen LogP contribution is 2.25. The zero-order chi connectivity index (χ0) is 15.0. The third-order valence-electron chi connectivity index (χ3n) is 3.44. The van der Waals surface area contributed by atoms with Crippen molar-refractivity contribution in [1.82, 2.24) is 19.9 Å². The van der Waals surface area contributed by atoms with E-state index >= 15 is 0 Å². The normalized spacial score (nSPS) is 16.1. The molecular weight excluding hydrogens is 311 g/mol. The fourth-order valence-corrected chi connectivity index (χ4v) is 2.59. The van der Waals surface area contributed by atoms with Gasteiger partial charge in [-0.3, -0.25) is 4.79 Å². The summed E-state index contributed by atoms with van der Waals surface area (Å²) in [5.74, 6) is 0.766. The number of alkyl halides is 1. The van der Waals surface area contributed by atoms with Crippen molar-refractivity contribution in [3.63, 3.8) is 0 Å². The maximum atomic E-state index is 11.8. The Kier molecular flexibility index (Phi) is 4.04. The van der Waals surface area contributed by atoms with E-state index in [1.165, 1.54) is 0 Å². The van der Waals surface area contributed by atoms with Crippen LogP contribution in [0.15, 0.2) is 12.3 Å². The molecule has 0 saturated heterocycles. The molecule has 1 fully saturated rings. The average molecular weight is 327 g/mol. The second-order valence-corrected chi connectivity index (χ2v) is 6.42. The van der Waals surface area contributed by atoms with Crippen molar-refractivity contribution in [2.45, 2.75) is 44.1 Å². The highest BCUT2D eigenvalue weighted by molar-refractivity contribution is 6.31. The van der Waals surface area contributed by atoms with Gasteiger partial charge in [-0.1, -0.05) is 11.6 Å². The van der Waals surface area contributed by atoms with Crippen molar-refractivity contribution in [3.8, 4) is 0 Å². The molecule has 5 nitrogen and oxygen atoms in total. The minimum Gasteiger partial charge on any atom is -0.353 e. The molecule has 0 bridgehead atoms. The van der Waals surface area contributed by atoms with E-state index in [0.29, 0.717) is 41.0 Å². The summed E-state index contributed by atoms with van der Waals surface area (Å²) in [5, 5.41) is 3.25. The summed E-state index contributed by atoms with van der Waals surface area (Å²) < 4.78 is 1.90. The Labute approximate surface area is 132 Å². The van der Waals surface area contributed by atoms with Crippen LogP contribution in [0.2, 0.25) is 5.02 Å². The second-order valence-electron chi connectivity index (χ2n) is 5.33. The van der Waals surface area contributed by atoms with Gasteiger partial charge in [-0.2, -0.15) is 0 Å². The molecule has 112 valence electrons. The smallest absolute Gasteiger partial charge is 0.222 e. The summed E-state index contributed by atoms with van der Waals surface area (Å²) in [6.45, 7) is 2.36. The van der Waals surface area contributed by atoms with Gasteiger partial charge in [0.1, 0.15) is 11.3 Å². The molecule has 3 rings (SSSR count). The fourth-order valence-electron chi connectivity index (χ4n) is 2.27. The summed E-state index contributed by atoms with van der Waals surface area (Å²) in [6.07, 6.45) is 4.14. The van der Waals surface area contributed by atoms with Gasteiger partial charge in [-0.15, -0.1) is 11.6 Å². The van der Waals surface area contributed by atoms with E-state index in [1.54, 1.807) is 12.3 Å². The van der Waals surface area contributed by atoms with Gasteiger partial charge in [0, 0.05) is 25.2 Å². The lowest BCUT2D eigenvalue weighted by Gasteiger charge is -2.10. The van der Waals surface area contributed by atoms with Crippen LogP contribution in [0, 0.1) is 0 Å². The molecule has 1 saturated carbocycles. The van der Waals surface area contributed by atoms with Gasteiger partial charge in [0.2, 0.25) is 5.91 Å². The van der Waals surface area contributed by atoms with E-state index in [4.69, 9.17) is 23.2 Å². The van der Waals surface area contributed by atoms with Crippen molar-refractivity contribution in [2.75, 3.05) is 0 Å². The summed E-state index contributed by atoms with van der Waals surface area (Å²) >= 11 is 12.1. The predicted molar refractivity (Wildman–Crippen MR) is 82.6 cm³/mol. The molecule has 0 aromatic carbocycles. The SMILES string of the molecule is CC(Cl)c1nc2cc(Cl)cnc2n1CCC(=O)NC1CC1. The number of nitrogens with one attached hydrogen (secondary N) is 1. The van der Waals surface area contributed by atoms with E-state index in [9.17, 15) is 4.79 Å². The lowest BCUT2D eigenvalue weighted by Crippen LogP contribution is -2.26. The van der Waals surface area contributed by atoms with Crippen molar-refractivity contribution in [1.29, 1.82) is 0 Å². The minimum absolute atomic E-state index is 0.0569. The number of carbonyl (C=O) groups is 1. The molecule has 0 radical (unpaired) electrons. The van der Waals surface area contributed by atoms with Crippen LogP contribution in [0.4, 0.5) is 0 Å². The molecule has 1 aliphatic carbocycles. The van der Waals surface area contributed by atoms with E-state index in [0.717, 1.165) is 12.8 Å². The first-order valence-electron chi connectivity index (χ1n) is 6.99. The zero-order valence-corrected chi connectivity index (χ0v) is 13.2. The highest BCUT2D eigenvalue weighted by atomic mass is 35.5. The number of amides is 1. The Bertz CT molecular complexity index is 679. The maximum absolute atomic E-state index is 11.8. The first-order chi connectivity index (χ1) is 10.0. The zero-order valence-electron chi connectivity index (χ0n) is 11.6. The maximum Gasteiger partial charge on any atom is 0.222 e. The van der Waals surface area contributed by atoms with Crippen LogP contribution in [-0.2, 0) is 11.3 Å². The number of rotatable bonds is 5. The van der Waals surface area contributed by atoms with Gasteiger partial charge in [-0.25, -0.2) is 9.97 Å². The van der Waals surface area contributed by atoms with Crippen LogP contribution in [-0.4, -0.2) is 26.5 Å². The van der Waals surface area contributed by atoms with Crippen molar-refractivity contribution in [3.05, 3.63) is 23.1 Å². The molecule has 1 amide bonds. The molecule has 2 heterocycles. The van der Waals surface area contributed by atoms with Crippen molar-refractivity contribution in [2.24, 2.45) is 0 Å².